The first-order valence-electron chi connectivity index (χ1n) is 7.59. The Morgan fingerprint density at radius 1 is 1.07 bits per heavy atom. The molecule has 29 heavy (non-hydrogen) atoms. The Hall–Kier alpha value is -2.45. The summed E-state index contributed by atoms with van der Waals surface area (Å²) in [5, 5.41) is 2.44. The third-order valence-electron chi connectivity index (χ3n) is 3.02. The Bertz CT molecular complexity index is 830. The topological polar surface area (TPSA) is 81.8 Å². The summed E-state index contributed by atoms with van der Waals surface area (Å²) in [5.41, 5.74) is 5.75. The number of nitrogens with zero attached hydrogens (tertiary/aromatic N) is 2. The minimum atomic E-state index is -4.90. The van der Waals surface area contributed by atoms with Gasteiger partial charge in [0.1, 0.15) is 0 Å². The van der Waals surface area contributed by atoms with Crippen molar-refractivity contribution in [3.05, 3.63) is 48.2 Å². The Labute approximate surface area is 178 Å². The van der Waals surface area contributed by atoms with E-state index in [1.807, 2.05) is 0 Å². The van der Waals surface area contributed by atoms with Crippen molar-refractivity contribution in [3.63, 3.8) is 0 Å². The number of aromatic nitrogens is 1. The standard InChI is InChI=1S/C16H14F6N4O2.HI/c17-15(18,19)9-27-13-10(4-3-7-24-13)8-25-14(23)26-11-5-1-2-6-12(11)28-16(20,21)22;/h1-7H,8-9H2,(H3,23,25,26);1H. The highest BCUT2D eigenvalue weighted by Gasteiger charge is 2.32. The number of para-hydroxylation sites is 2. The summed E-state index contributed by atoms with van der Waals surface area (Å²) < 4.78 is 82.6. The number of benzene rings is 1. The first-order chi connectivity index (χ1) is 13.0. The van der Waals surface area contributed by atoms with Crippen molar-refractivity contribution < 1.29 is 35.8 Å². The van der Waals surface area contributed by atoms with Crippen LogP contribution < -0.4 is 20.5 Å². The van der Waals surface area contributed by atoms with E-state index in [4.69, 9.17) is 5.73 Å². The van der Waals surface area contributed by atoms with Crippen LogP contribution in [0.2, 0.25) is 0 Å². The monoisotopic (exact) mass is 536 g/mol. The number of ether oxygens (including phenoxy) is 2. The average Bonchev–Trinajstić information content (AvgIpc) is 2.58. The zero-order valence-corrected chi connectivity index (χ0v) is 16.8. The van der Waals surface area contributed by atoms with Crippen LogP contribution in [0.3, 0.4) is 0 Å². The van der Waals surface area contributed by atoms with Gasteiger partial charge in [-0.2, -0.15) is 13.2 Å². The number of pyridine rings is 1. The molecule has 160 valence electrons. The van der Waals surface area contributed by atoms with E-state index in [9.17, 15) is 26.3 Å². The third kappa shape index (κ3) is 9.06. The van der Waals surface area contributed by atoms with Gasteiger partial charge in [0.15, 0.2) is 18.3 Å². The highest BCUT2D eigenvalue weighted by molar-refractivity contribution is 14.0. The highest BCUT2D eigenvalue weighted by Crippen LogP contribution is 2.29. The second-order valence-corrected chi connectivity index (χ2v) is 5.24. The smallest absolute Gasteiger partial charge is 0.468 e. The van der Waals surface area contributed by atoms with Crippen LogP contribution >= 0.6 is 24.0 Å². The summed E-state index contributed by atoms with van der Waals surface area (Å²) in [4.78, 5) is 7.58. The lowest BCUT2D eigenvalue weighted by Crippen LogP contribution is -2.24. The van der Waals surface area contributed by atoms with Crippen molar-refractivity contribution in [1.82, 2.24) is 4.98 Å². The molecule has 0 saturated heterocycles. The van der Waals surface area contributed by atoms with E-state index in [0.717, 1.165) is 6.07 Å². The molecule has 0 aliphatic heterocycles. The van der Waals surface area contributed by atoms with Crippen LogP contribution in [0, 0.1) is 0 Å². The molecule has 1 aromatic carbocycles. The Balaban J connectivity index is 0.00000420. The minimum Gasteiger partial charge on any atom is -0.468 e. The lowest BCUT2D eigenvalue weighted by atomic mass is 10.3. The minimum absolute atomic E-state index is 0. The van der Waals surface area contributed by atoms with Crippen molar-refractivity contribution in [2.75, 3.05) is 11.9 Å². The lowest BCUT2D eigenvalue weighted by molar-refractivity contribution is -0.274. The first kappa shape index (κ1) is 24.6. The largest absolute Gasteiger partial charge is 0.573 e. The van der Waals surface area contributed by atoms with Crippen LogP contribution in [-0.2, 0) is 6.54 Å². The van der Waals surface area contributed by atoms with Crippen molar-refractivity contribution >= 4 is 35.6 Å². The van der Waals surface area contributed by atoms with E-state index in [2.05, 4.69) is 24.8 Å². The molecule has 0 spiro atoms. The molecular weight excluding hydrogens is 521 g/mol. The molecule has 0 aliphatic carbocycles. The molecule has 1 heterocycles. The molecule has 0 saturated carbocycles. The predicted octanol–water partition coefficient (Wildman–Crippen LogP) is 4.47. The number of nitrogens with one attached hydrogen (secondary N) is 1. The number of guanidine groups is 1. The van der Waals surface area contributed by atoms with Gasteiger partial charge in [0.25, 0.3) is 0 Å². The van der Waals surface area contributed by atoms with Gasteiger partial charge in [0.2, 0.25) is 5.88 Å². The maximum atomic E-state index is 12.4. The van der Waals surface area contributed by atoms with Crippen LogP contribution in [0.4, 0.5) is 32.0 Å². The van der Waals surface area contributed by atoms with Crippen molar-refractivity contribution in [2.45, 2.75) is 19.1 Å². The molecule has 13 heteroatoms. The Kier molecular flexibility index (Phi) is 8.79. The number of nitrogens with two attached hydrogens (primary N) is 1. The number of anilines is 1. The maximum absolute atomic E-state index is 12.4. The summed E-state index contributed by atoms with van der Waals surface area (Å²) in [6.45, 7) is -1.75. The third-order valence-corrected chi connectivity index (χ3v) is 3.02. The van der Waals surface area contributed by atoms with Crippen molar-refractivity contribution in [2.24, 2.45) is 10.7 Å². The van der Waals surface area contributed by atoms with Gasteiger partial charge in [-0.05, 0) is 18.2 Å². The van der Waals surface area contributed by atoms with Crippen LogP contribution in [0.25, 0.3) is 0 Å². The number of rotatable bonds is 6. The quantitative estimate of drug-likeness (QED) is 0.247. The average molecular weight is 536 g/mol. The molecule has 0 bridgehead atoms. The van der Waals surface area contributed by atoms with E-state index in [-0.39, 0.29) is 53.6 Å². The van der Waals surface area contributed by atoms with Crippen molar-refractivity contribution in [3.8, 4) is 11.6 Å². The van der Waals surface area contributed by atoms with Gasteiger partial charge in [-0.25, -0.2) is 9.98 Å². The molecule has 6 nitrogen and oxygen atoms in total. The SMILES string of the molecule is I.NC(=NCc1cccnc1OCC(F)(F)F)Nc1ccccc1OC(F)(F)F. The molecule has 2 aromatic rings. The summed E-state index contributed by atoms with van der Waals surface area (Å²) in [5.74, 6) is -1.09. The van der Waals surface area contributed by atoms with Gasteiger partial charge < -0.3 is 20.5 Å². The van der Waals surface area contributed by atoms with E-state index >= 15 is 0 Å². The fraction of sp³-hybridized carbons (Fsp3) is 0.250. The van der Waals surface area contributed by atoms with E-state index in [1.54, 1.807) is 0 Å². The second-order valence-electron chi connectivity index (χ2n) is 5.24. The molecule has 2 rings (SSSR count). The van der Waals surface area contributed by atoms with Gasteiger partial charge in [-0.3, -0.25) is 0 Å². The second kappa shape index (κ2) is 10.4. The molecule has 0 aliphatic rings. The molecule has 3 N–H and O–H groups in total. The number of halogens is 7. The number of alkyl halides is 6. The molecule has 0 radical (unpaired) electrons. The van der Waals surface area contributed by atoms with E-state index in [1.165, 1.54) is 36.5 Å². The molecule has 0 fully saturated rings. The molecular formula is C16H15F6IN4O2. The van der Waals surface area contributed by atoms with Crippen LogP contribution in [0.5, 0.6) is 11.6 Å². The van der Waals surface area contributed by atoms with Crippen LogP contribution in [-0.4, -0.2) is 30.1 Å². The first-order valence-corrected chi connectivity index (χ1v) is 7.59. The van der Waals surface area contributed by atoms with Crippen LogP contribution in [0.15, 0.2) is 47.6 Å². The zero-order valence-electron chi connectivity index (χ0n) is 14.4. The Morgan fingerprint density at radius 3 is 2.41 bits per heavy atom. The lowest BCUT2D eigenvalue weighted by Gasteiger charge is -2.14. The summed E-state index contributed by atoms with van der Waals surface area (Å²) in [7, 11) is 0. The number of hydrogen-bond acceptors (Lipinski definition) is 4. The van der Waals surface area contributed by atoms with Crippen molar-refractivity contribution in [1.29, 1.82) is 0 Å². The fourth-order valence-corrected chi connectivity index (χ4v) is 1.96. The van der Waals surface area contributed by atoms with E-state index in [0.29, 0.717) is 0 Å². The fourth-order valence-electron chi connectivity index (χ4n) is 1.96. The van der Waals surface area contributed by atoms with Gasteiger partial charge in [-0.1, -0.05) is 18.2 Å². The normalized spacial score (nSPS) is 12.1. The maximum Gasteiger partial charge on any atom is 0.573 e. The van der Waals surface area contributed by atoms with Gasteiger partial charge >= 0.3 is 12.5 Å². The summed E-state index contributed by atoms with van der Waals surface area (Å²) >= 11 is 0. The predicted molar refractivity (Wildman–Crippen MR) is 103 cm³/mol. The van der Waals surface area contributed by atoms with E-state index < -0.39 is 24.9 Å². The van der Waals surface area contributed by atoms with Gasteiger partial charge in [0.05, 0.1) is 12.2 Å². The molecule has 0 atom stereocenters. The van der Waals surface area contributed by atoms with Crippen LogP contribution in [0.1, 0.15) is 5.56 Å². The van der Waals surface area contributed by atoms with Gasteiger partial charge in [-0.15, -0.1) is 37.1 Å². The molecule has 0 unspecified atom stereocenters. The summed E-state index contributed by atoms with van der Waals surface area (Å²) in [6, 6.07) is 8.03. The molecule has 1 aromatic heterocycles. The number of aliphatic imine (C=N–C) groups is 1. The summed E-state index contributed by atoms with van der Waals surface area (Å²) in [6.07, 6.45) is -8.20. The molecule has 0 amide bonds. The van der Waals surface area contributed by atoms with Gasteiger partial charge in [0, 0.05) is 11.8 Å². The Morgan fingerprint density at radius 2 is 1.76 bits per heavy atom. The highest BCUT2D eigenvalue weighted by atomic mass is 127. The zero-order chi connectivity index (χ0) is 20.8. The number of hydrogen-bond donors (Lipinski definition) is 2.